The van der Waals surface area contributed by atoms with Gasteiger partial charge in [0, 0.05) is 52.4 Å². The highest BCUT2D eigenvalue weighted by Crippen LogP contribution is 2.16. The molecular formula is C18H28N4O3S. The van der Waals surface area contributed by atoms with Gasteiger partial charge in [0.05, 0.1) is 6.42 Å². The molecule has 0 bridgehead atoms. The predicted molar refractivity (Wildman–Crippen MR) is 101 cm³/mol. The normalized spacial score (nSPS) is 21.1. The quantitative estimate of drug-likeness (QED) is 0.747. The summed E-state index contributed by atoms with van der Waals surface area (Å²) in [7, 11) is -1.42. The van der Waals surface area contributed by atoms with E-state index in [4.69, 9.17) is 0 Å². The predicted octanol–water partition coefficient (Wildman–Crippen LogP) is 0.174. The van der Waals surface area contributed by atoms with Crippen LogP contribution in [0.1, 0.15) is 11.1 Å². The molecule has 2 saturated heterocycles. The van der Waals surface area contributed by atoms with Crippen LogP contribution in [-0.2, 0) is 21.4 Å². The van der Waals surface area contributed by atoms with Gasteiger partial charge in [-0.1, -0.05) is 24.3 Å². The number of carbonyl (C=O) groups excluding carboxylic acids is 1. The number of piperazine rings is 2. The summed E-state index contributed by atoms with van der Waals surface area (Å²) in [6, 6.07) is 7.88. The second-order valence-electron chi connectivity index (χ2n) is 7.09. The lowest BCUT2D eigenvalue weighted by Gasteiger charge is -2.39. The average Bonchev–Trinajstić information content (AvgIpc) is 2.64. The highest BCUT2D eigenvalue weighted by Gasteiger charge is 2.34. The molecule has 0 spiro atoms. The van der Waals surface area contributed by atoms with E-state index in [1.807, 2.05) is 38.2 Å². The SMILES string of the molecule is Cc1ccccc1CC(=O)N1CCN(S(=O)(=O)N2CCN(C)CC2)CC1. The Kier molecular flexibility index (Phi) is 5.96. The van der Waals surface area contributed by atoms with Crippen LogP contribution in [0.25, 0.3) is 0 Å². The number of likely N-dealkylation sites (N-methyl/N-ethyl adjacent to an activating group) is 1. The van der Waals surface area contributed by atoms with Crippen molar-refractivity contribution in [2.75, 3.05) is 59.4 Å². The molecule has 2 aliphatic heterocycles. The van der Waals surface area contributed by atoms with Gasteiger partial charge in [-0.15, -0.1) is 0 Å². The van der Waals surface area contributed by atoms with E-state index in [2.05, 4.69) is 4.90 Å². The molecule has 0 atom stereocenters. The van der Waals surface area contributed by atoms with E-state index in [0.717, 1.165) is 24.2 Å². The topological polar surface area (TPSA) is 64.2 Å². The Morgan fingerprint density at radius 3 is 2.04 bits per heavy atom. The number of nitrogens with zero attached hydrogens (tertiary/aromatic N) is 4. The van der Waals surface area contributed by atoms with Gasteiger partial charge in [-0.05, 0) is 25.1 Å². The molecule has 7 nitrogen and oxygen atoms in total. The van der Waals surface area contributed by atoms with Gasteiger partial charge < -0.3 is 9.80 Å². The van der Waals surface area contributed by atoms with E-state index in [9.17, 15) is 13.2 Å². The van der Waals surface area contributed by atoms with Gasteiger partial charge in [0.2, 0.25) is 5.91 Å². The maximum atomic E-state index is 12.8. The summed E-state index contributed by atoms with van der Waals surface area (Å²) >= 11 is 0. The first kappa shape index (κ1) is 19.3. The van der Waals surface area contributed by atoms with Crippen LogP contribution >= 0.6 is 0 Å². The zero-order chi connectivity index (χ0) is 18.7. The van der Waals surface area contributed by atoms with Crippen LogP contribution in [0.2, 0.25) is 0 Å². The van der Waals surface area contributed by atoms with Gasteiger partial charge in [0.25, 0.3) is 10.2 Å². The molecule has 2 aliphatic rings. The minimum atomic E-state index is -3.42. The highest BCUT2D eigenvalue weighted by molar-refractivity contribution is 7.86. The van der Waals surface area contributed by atoms with Crippen molar-refractivity contribution in [3.8, 4) is 0 Å². The number of rotatable bonds is 4. The summed E-state index contributed by atoms with van der Waals surface area (Å²) in [6.07, 6.45) is 0.373. The number of hydrogen-bond acceptors (Lipinski definition) is 4. The number of aryl methyl sites for hydroxylation is 1. The van der Waals surface area contributed by atoms with Gasteiger partial charge in [0.1, 0.15) is 0 Å². The van der Waals surface area contributed by atoms with Crippen molar-refractivity contribution in [2.45, 2.75) is 13.3 Å². The van der Waals surface area contributed by atoms with Crippen molar-refractivity contribution in [2.24, 2.45) is 0 Å². The fourth-order valence-corrected chi connectivity index (χ4v) is 5.01. The highest BCUT2D eigenvalue weighted by atomic mass is 32.2. The summed E-state index contributed by atoms with van der Waals surface area (Å²) in [6.45, 7) is 6.24. The van der Waals surface area contributed by atoms with Crippen LogP contribution in [0.5, 0.6) is 0 Å². The Labute approximate surface area is 156 Å². The third kappa shape index (κ3) is 4.25. The minimum absolute atomic E-state index is 0.0657. The standard InChI is InChI=1S/C18H28N4O3S/c1-16-5-3-4-6-17(16)15-18(23)20-9-13-22(14-10-20)26(24,25)21-11-7-19(2)8-12-21/h3-6H,7-15H2,1-2H3. The van der Waals surface area contributed by atoms with Crippen molar-refractivity contribution in [3.63, 3.8) is 0 Å². The molecule has 144 valence electrons. The Bertz CT molecular complexity index is 737. The Morgan fingerprint density at radius 1 is 0.923 bits per heavy atom. The first-order valence-electron chi connectivity index (χ1n) is 9.14. The number of benzene rings is 1. The van der Waals surface area contributed by atoms with Gasteiger partial charge in [0.15, 0.2) is 0 Å². The van der Waals surface area contributed by atoms with Crippen molar-refractivity contribution in [3.05, 3.63) is 35.4 Å². The third-order valence-corrected chi connectivity index (χ3v) is 7.34. The lowest BCUT2D eigenvalue weighted by molar-refractivity contribution is -0.131. The van der Waals surface area contributed by atoms with Gasteiger partial charge in [-0.2, -0.15) is 17.0 Å². The summed E-state index contributed by atoms with van der Waals surface area (Å²) < 4.78 is 28.7. The molecule has 0 aromatic heterocycles. The summed E-state index contributed by atoms with van der Waals surface area (Å²) in [5.74, 6) is 0.0657. The maximum absolute atomic E-state index is 12.8. The first-order chi connectivity index (χ1) is 12.4. The molecule has 26 heavy (non-hydrogen) atoms. The van der Waals surface area contributed by atoms with Crippen molar-refractivity contribution in [1.29, 1.82) is 0 Å². The Hall–Kier alpha value is -1.48. The largest absolute Gasteiger partial charge is 0.340 e. The fourth-order valence-electron chi connectivity index (χ4n) is 3.43. The first-order valence-corrected chi connectivity index (χ1v) is 10.5. The number of hydrogen-bond donors (Lipinski definition) is 0. The molecule has 1 aromatic carbocycles. The smallest absolute Gasteiger partial charge is 0.282 e. The van der Waals surface area contributed by atoms with Gasteiger partial charge in [-0.25, -0.2) is 0 Å². The molecule has 0 radical (unpaired) electrons. The van der Waals surface area contributed by atoms with Crippen LogP contribution in [0.15, 0.2) is 24.3 Å². The van der Waals surface area contributed by atoms with E-state index >= 15 is 0 Å². The fraction of sp³-hybridized carbons (Fsp3) is 0.611. The molecule has 0 N–H and O–H groups in total. The zero-order valence-corrected chi connectivity index (χ0v) is 16.4. The molecule has 0 unspecified atom stereocenters. The van der Waals surface area contributed by atoms with E-state index in [-0.39, 0.29) is 5.91 Å². The molecule has 0 aliphatic carbocycles. The molecule has 3 rings (SSSR count). The van der Waals surface area contributed by atoms with Crippen LogP contribution in [0, 0.1) is 6.92 Å². The zero-order valence-electron chi connectivity index (χ0n) is 15.6. The average molecular weight is 381 g/mol. The molecule has 2 heterocycles. The van der Waals surface area contributed by atoms with Crippen LogP contribution in [0.3, 0.4) is 0 Å². The van der Waals surface area contributed by atoms with Crippen LogP contribution in [0.4, 0.5) is 0 Å². The number of carbonyl (C=O) groups is 1. The number of amides is 1. The second kappa shape index (κ2) is 8.04. The van der Waals surface area contributed by atoms with E-state index < -0.39 is 10.2 Å². The van der Waals surface area contributed by atoms with E-state index in [0.29, 0.717) is 45.7 Å². The summed E-state index contributed by atoms with van der Waals surface area (Å²) in [4.78, 5) is 16.5. The van der Waals surface area contributed by atoms with E-state index in [1.165, 1.54) is 4.31 Å². The third-order valence-electron chi connectivity index (χ3n) is 5.31. The van der Waals surface area contributed by atoms with Crippen molar-refractivity contribution < 1.29 is 13.2 Å². The molecule has 8 heteroatoms. The summed E-state index contributed by atoms with van der Waals surface area (Å²) in [5.41, 5.74) is 2.14. The molecule has 1 amide bonds. The molecule has 0 saturated carbocycles. The van der Waals surface area contributed by atoms with Crippen molar-refractivity contribution >= 4 is 16.1 Å². The Morgan fingerprint density at radius 2 is 1.46 bits per heavy atom. The summed E-state index contributed by atoms with van der Waals surface area (Å²) in [5, 5.41) is 0. The van der Waals surface area contributed by atoms with Gasteiger partial charge >= 0.3 is 0 Å². The monoisotopic (exact) mass is 380 g/mol. The lowest BCUT2D eigenvalue weighted by atomic mass is 10.1. The van der Waals surface area contributed by atoms with Crippen molar-refractivity contribution in [1.82, 2.24) is 18.4 Å². The molecular weight excluding hydrogens is 352 g/mol. The van der Waals surface area contributed by atoms with E-state index in [1.54, 1.807) is 9.21 Å². The van der Waals surface area contributed by atoms with Crippen LogP contribution in [-0.4, -0.2) is 92.1 Å². The van der Waals surface area contributed by atoms with Gasteiger partial charge in [-0.3, -0.25) is 4.79 Å². The Balaban J connectivity index is 1.55. The second-order valence-corrected chi connectivity index (χ2v) is 9.02. The van der Waals surface area contributed by atoms with Crippen LogP contribution < -0.4 is 0 Å². The maximum Gasteiger partial charge on any atom is 0.282 e. The molecule has 1 aromatic rings. The molecule has 2 fully saturated rings. The lowest BCUT2D eigenvalue weighted by Crippen LogP contribution is -2.57. The minimum Gasteiger partial charge on any atom is -0.340 e.